The number of aliphatic hydroxyl groups excluding tert-OH is 1. The summed E-state index contributed by atoms with van der Waals surface area (Å²) in [4.78, 5) is 10.9. The number of benzene rings is 1. The monoisotopic (exact) mass is 370 g/mol. The summed E-state index contributed by atoms with van der Waals surface area (Å²) in [5.41, 5.74) is 1.04. The minimum atomic E-state index is -1.18. The van der Waals surface area contributed by atoms with Crippen LogP contribution >= 0.6 is 12.2 Å². The molecule has 0 heterocycles. The third-order valence-electron chi connectivity index (χ3n) is 3.64. The normalized spacial score (nSPS) is 14.2. The second-order valence-electron chi connectivity index (χ2n) is 5.81. The maximum absolute atomic E-state index is 10.5. The predicted octanol–water partition coefficient (Wildman–Crippen LogP) is 1.78. The molecule has 3 atom stereocenters. The lowest BCUT2D eigenvalue weighted by atomic mass is 10.0. The maximum Gasteiger partial charge on any atom is 0.404 e. The molecule has 8 heteroatoms. The van der Waals surface area contributed by atoms with E-state index in [4.69, 9.17) is 26.8 Å². The maximum atomic E-state index is 10.5. The molecule has 7 nitrogen and oxygen atoms in total. The van der Waals surface area contributed by atoms with Crippen LogP contribution in [0, 0.1) is 5.92 Å². The average Bonchev–Trinajstić information content (AvgIpc) is 2.59. The van der Waals surface area contributed by atoms with E-state index in [9.17, 15) is 9.90 Å². The molecule has 1 amide bonds. The zero-order chi connectivity index (χ0) is 18.8. The molecule has 0 aliphatic carbocycles. The highest BCUT2D eigenvalue weighted by Crippen LogP contribution is 2.12. The van der Waals surface area contributed by atoms with Gasteiger partial charge in [0, 0.05) is 18.5 Å². The van der Waals surface area contributed by atoms with E-state index in [1.165, 1.54) is 0 Å². The molecule has 0 unspecified atom stereocenters. The van der Waals surface area contributed by atoms with Crippen molar-refractivity contribution in [3.05, 3.63) is 29.8 Å². The highest BCUT2D eigenvalue weighted by atomic mass is 32.1. The van der Waals surface area contributed by atoms with E-state index in [-0.39, 0.29) is 18.5 Å². The molecule has 0 fully saturated rings. The topological polar surface area (TPSA) is 100 Å². The van der Waals surface area contributed by atoms with Gasteiger partial charge in [-0.15, -0.1) is 0 Å². The predicted molar refractivity (Wildman–Crippen MR) is 99.0 cm³/mol. The van der Waals surface area contributed by atoms with Crippen molar-refractivity contribution in [2.24, 2.45) is 5.92 Å². The number of aliphatic hydroxyl groups is 1. The van der Waals surface area contributed by atoms with Crippen LogP contribution in [0.2, 0.25) is 0 Å². The highest BCUT2D eigenvalue weighted by Gasteiger charge is 2.20. The SMILES string of the molecule is COc1ccc(COC[C@H](C)NC(=S)[C@@H](C)[C@H](O)CNC(=O)O)cc1. The Morgan fingerprint density at radius 3 is 2.48 bits per heavy atom. The van der Waals surface area contributed by atoms with Crippen LogP contribution in [-0.4, -0.2) is 53.7 Å². The minimum Gasteiger partial charge on any atom is -0.497 e. The van der Waals surface area contributed by atoms with Crippen molar-refractivity contribution in [1.82, 2.24) is 10.6 Å². The first-order chi connectivity index (χ1) is 11.8. The summed E-state index contributed by atoms with van der Waals surface area (Å²) in [7, 11) is 1.62. The van der Waals surface area contributed by atoms with Crippen LogP contribution in [0.4, 0.5) is 4.79 Å². The number of hydrogen-bond acceptors (Lipinski definition) is 5. The number of carboxylic acid groups (broad SMARTS) is 1. The van der Waals surface area contributed by atoms with Crippen molar-refractivity contribution in [1.29, 1.82) is 0 Å². The number of rotatable bonds is 10. The van der Waals surface area contributed by atoms with Crippen LogP contribution in [0.25, 0.3) is 0 Å². The van der Waals surface area contributed by atoms with E-state index < -0.39 is 12.2 Å². The molecule has 0 saturated carbocycles. The van der Waals surface area contributed by atoms with Gasteiger partial charge in [-0.3, -0.25) is 0 Å². The van der Waals surface area contributed by atoms with Gasteiger partial charge in [-0.2, -0.15) is 0 Å². The molecule has 0 aromatic heterocycles. The Labute approximate surface area is 153 Å². The van der Waals surface area contributed by atoms with Crippen molar-refractivity contribution in [3.8, 4) is 5.75 Å². The largest absolute Gasteiger partial charge is 0.497 e. The van der Waals surface area contributed by atoms with Gasteiger partial charge in [0.25, 0.3) is 0 Å². The molecule has 140 valence electrons. The molecule has 0 radical (unpaired) electrons. The number of ether oxygens (including phenoxy) is 2. The first-order valence-electron chi connectivity index (χ1n) is 7.99. The summed E-state index contributed by atoms with van der Waals surface area (Å²) in [6.07, 6.45) is -2.06. The molecule has 4 N–H and O–H groups in total. The molecular weight excluding hydrogens is 344 g/mol. The third-order valence-corrected chi connectivity index (χ3v) is 4.13. The molecular formula is C17H26N2O5S. The standard InChI is InChI=1S/C17H26N2O5S/c1-11(9-24-10-13-4-6-14(23-3)7-5-13)19-16(25)12(2)15(20)8-18-17(21)22/h4-7,11-12,15,18,20H,8-10H2,1-3H3,(H,19,25)(H,21,22)/t11-,12-,15+/m0/s1. The van der Waals surface area contributed by atoms with E-state index >= 15 is 0 Å². The highest BCUT2D eigenvalue weighted by molar-refractivity contribution is 7.80. The van der Waals surface area contributed by atoms with Gasteiger partial charge < -0.3 is 30.3 Å². The molecule has 0 saturated heterocycles. The number of amides is 1. The zero-order valence-electron chi connectivity index (χ0n) is 14.7. The lowest BCUT2D eigenvalue weighted by Gasteiger charge is -2.23. The molecule has 0 aliphatic heterocycles. The van der Waals surface area contributed by atoms with Crippen molar-refractivity contribution >= 4 is 23.3 Å². The van der Waals surface area contributed by atoms with Gasteiger partial charge in [-0.25, -0.2) is 4.79 Å². The molecule has 1 aromatic rings. The molecule has 0 aliphatic rings. The Morgan fingerprint density at radius 2 is 1.92 bits per heavy atom. The van der Waals surface area contributed by atoms with Gasteiger partial charge in [0.15, 0.2) is 0 Å². The fraction of sp³-hybridized carbons (Fsp3) is 0.529. The fourth-order valence-electron chi connectivity index (χ4n) is 2.03. The summed E-state index contributed by atoms with van der Waals surface area (Å²) in [5.74, 6) is 0.431. The van der Waals surface area contributed by atoms with Crippen LogP contribution in [0.3, 0.4) is 0 Å². The Bertz CT molecular complexity index is 552. The van der Waals surface area contributed by atoms with Gasteiger partial charge in [0.2, 0.25) is 0 Å². The number of hydrogen-bond donors (Lipinski definition) is 4. The first kappa shape index (κ1) is 21.1. The zero-order valence-corrected chi connectivity index (χ0v) is 15.5. The Kier molecular flexibility index (Phi) is 9.18. The summed E-state index contributed by atoms with van der Waals surface area (Å²) in [5, 5.41) is 23.7. The van der Waals surface area contributed by atoms with Crippen LogP contribution < -0.4 is 15.4 Å². The average molecular weight is 370 g/mol. The summed E-state index contributed by atoms with van der Waals surface area (Å²) < 4.78 is 10.8. The molecule has 0 spiro atoms. The Hall–Kier alpha value is -1.90. The van der Waals surface area contributed by atoms with Crippen molar-refractivity contribution in [2.45, 2.75) is 32.6 Å². The van der Waals surface area contributed by atoms with E-state index in [2.05, 4.69) is 10.6 Å². The molecule has 1 aromatic carbocycles. The van der Waals surface area contributed by atoms with Crippen LogP contribution in [0.5, 0.6) is 5.75 Å². The number of methoxy groups -OCH3 is 1. The van der Waals surface area contributed by atoms with Crippen LogP contribution in [0.1, 0.15) is 19.4 Å². The van der Waals surface area contributed by atoms with Crippen molar-refractivity contribution in [3.63, 3.8) is 0 Å². The molecule has 0 bridgehead atoms. The van der Waals surface area contributed by atoms with Gasteiger partial charge in [-0.1, -0.05) is 31.3 Å². The second kappa shape index (κ2) is 10.9. The second-order valence-corrected chi connectivity index (χ2v) is 6.25. The quantitative estimate of drug-likeness (QED) is 0.466. The lowest BCUT2D eigenvalue weighted by molar-refractivity contribution is 0.105. The van der Waals surface area contributed by atoms with E-state index in [0.29, 0.717) is 18.2 Å². The Morgan fingerprint density at radius 1 is 1.28 bits per heavy atom. The summed E-state index contributed by atoms with van der Waals surface area (Å²) >= 11 is 5.26. The van der Waals surface area contributed by atoms with Gasteiger partial charge in [-0.05, 0) is 24.6 Å². The van der Waals surface area contributed by atoms with Crippen LogP contribution in [0.15, 0.2) is 24.3 Å². The van der Waals surface area contributed by atoms with Gasteiger partial charge in [0.1, 0.15) is 5.75 Å². The smallest absolute Gasteiger partial charge is 0.404 e. The van der Waals surface area contributed by atoms with Gasteiger partial charge >= 0.3 is 6.09 Å². The summed E-state index contributed by atoms with van der Waals surface area (Å²) in [6.45, 7) is 4.52. The summed E-state index contributed by atoms with van der Waals surface area (Å²) in [6, 6.07) is 7.60. The lowest BCUT2D eigenvalue weighted by Crippen LogP contribution is -2.44. The van der Waals surface area contributed by atoms with Crippen LogP contribution in [-0.2, 0) is 11.3 Å². The van der Waals surface area contributed by atoms with E-state index in [0.717, 1.165) is 11.3 Å². The van der Waals surface area contributed by atoms with E-state index in [1.807, 2.05) is 31.2 Å². The first-order valence-corrected chi connectivity index (χ1v) is 8.40. The number of thiocarbonyl (C=S) groups is 1. The van der Waals surface area contributed by atoms with Gasteiger partial charge in [0.05, 0.1) is 31.4 Å². The fourth-order valence-corrected chi connectivity index (χ4v) is 2.39. The van der Waals surface area contributed by atoms with Crippen molar-refractivity contribution in [2.75, 3.05) is 20.3 Å². The molecule has 25 heavy (non-hydrogen) atoms. The number of nitrogens with one attached hydrogen (secondary N) is 2. The third kappa shape index (κ3) is 8.15. The van der Waals surface area contributed by atoms with Crippen molar-refractivity contribution < 1.29 is 24.5 Å². The Balaban J connectivity index is 2.30. The minimum absolute atomic E-state index is 0.0344. The van der Waals surface area contributed by atoms with E-state index in [1.54, 1.807) is 14.0 Å². The number of carbonyl (C=O) groups is 1. The molecule has 1 rings (SSSR count).